The highest BCUT2D eigenvalue weighted by Gasteiger charge is 2.07. The normalized spacial score (nSPS) is 12.4. The lowest BCUT2D eigenvalue weighted by Crippen LogP contribution is -2.07. The average molecular weight is 154 g/mol. The van der Waals surface area contributed by atoms with E-state index in [-0.39, 0.29) is 5.92 Å². The molecule has 0 aromatic heterocycles. The van der Waals surface area contributed by atoms with Crippen molar-refractivity contribution < 1.29 is 4.79 Å². The molecule has 0 aliphatic heterocycles. The van der Waals surface area contributed by atoms with Crippen LogP contribution in [0.25, 0.3) is 0 Å². The highest BCUT2D eigenvalue weighted by molar-refractivity contribution is 5.80. The molecule has 1 nitrogen and oxygen atoms in total. The van der Waals surface area contributed by atoms with Crippen LogP contribution < -0.4 is 0 Å². The van der Waals surface area contributed by atoms with Crippen LogP contribution in [0.2, 0.25) is 0 Å². The summed E-state index contributed by atoms with van der Waals surface area (Å²) in [6, 6.07) is 0. The van der Waals surface area contributed by atoms with E-state index in [0.29, 0.717) is 12.2 Å². The highest BCUT2D eigenvalue weighted by atomic mass is 16.1. The predicted molar refractivity (Wildman–Crippen MR) is 48.5 cm³/mol. The Morgan fingerprint density at radius 1 is 1.45 bits per heavy atom. The highest BCUT2D eigenvalue weighted by Crippen LogP contribution is 2.08. The van der Waals surface area contributed by atoms with Gasteiger partial charge in [0.1, 0.15) is 5.78 Å². The Labute approximate surface area is 69.5 Å². The predicted octanol–water partition coefficient (Wildman–Crippen LogP) is 2.96. The van der Waals surface area contributed by atoms with Gasteiger partial charge in [0.15, 0.2) is 0 Å². The first-order chi connectivity index (χ1) is 5.07. The SMILES string of the molecule is CCC(=O)[C@H](C)CC=C(C)C. The van der Waals surface area contributed by atoms with Crippen molar-refractivity contribution in [1.82, 2.24) is 0 Å². The lowest BCUT2D eigenvalue weighted by atomic mass is 10.00. The fraction of sp³-hybridized carbons (Fsp3) is 0.700. The molecule has 0 aromatic carbocycles. The summed E-state index contributed by atoms with van der Waals surface area (Å²) in [6.07, 6.45) is 3.69. The van der Waals surface area contributed by atoms with Crippen LogP contribution in [0.5, 0.6) is 0 Å². The molecule has 0 rings (SSSR count). The Bertz CT molecular complexity index is 152. The van der Waals surface area contributed by atoms with E-state index in [2.05, 4.69) is 19.9 Å². The quantitative estimate of drug-likeness (QED) is 0.569. The minimum Gasteiger partial charge on any atom is -0.299 e. The van der Waals surface area contributed by atoms with Gasteiger partial charge in [-0.15, -0.1) is 0 Å². The summed E-state index contributed by atoms with van der Waals surface area (Å²) >= 11 is 0. The van der Waals surface area contributed by atoms with Gasteiger partial charge in [0, 0.05) is 12.3 Å². The van der Waals surface area contributed by atoms with Crippen molar-refractivity contribution >= 4 is 5.78 Å². The van der Waals surface area contributed by atoms with E-state index in [1.165, 1.54) is 5.57 Å². The van der Waals surface area contributed by atoms with Gasteiger partial charge in [-0.2, -0.15) is 0 Å². The van der Waals surface area contributed by atoms with Gasteiger partial charge in [-0.25, -0.2) is 0 Å². The van der Waals surface area contributed by atoms with E-state index >= 15 is 0 Å². The Kier molecular flexibility index (Phi) is 4.84. The average Bonchev–Trinajstić information content (AvgIpc) is 1.98. The fourth-order valence-electron chi connectivity index (χ4n) is 0.892. The second-order valence-corrected chi connectivity index (χ2v) is 3.24. The third-order valence-corrected chi connectivity index (χ3v) is 1.78. The molecule has 0 amide bonds. The molecular weight excluding hydrogens is 136 g/mol. The Morgan fingerprint density at radius 3 is 2.36 bits per heavy atom. The monoisotopic (exact) mass is 154 g/mol. The van der Waals surface area contributed by atoms with Crippen LogP contribution in [-0.2, 0) is 4.79 Å². The first-order valence-electron chi connectivity index (χ1n) is 4.24. The maximum Gasteiger partial charge on any atom is 0.135 e. The number of rotatable bonds is 4. The van der Waals surface area contributed by atoms with Gasteiger partial charge in [0.05, 0.1) is 0 Å². The molecule has 0 spiro atoms. The molecule has 0 aliphatic carbocycles. The summed E-state index contributed by atoms with van der Waals surface area (Å²) in [6.45, 7) is 8.03. The van der Waals surface area contributed by atoms with E-state index in [9.17, 15) is 4.79 Å². The van der Waals surface area contributed by atoms with Gasteiger partial charge in [-0.05, 0) is 20.3 Å². The number of Topliss-reactive ketones (excluding diaryl/α,β-unsaturated/α-hetero) is 1. The molecule has 0 saturated carbocycles. The number of carbonyl (C=O) groups excluding carboxylic acids is 1. The fourth-order valence-corrected chi connectivity index (χ4v) is 0.892. The molecule has 0 saturated heterocycles. The zero-order valence-corrected chi connectivity index (χ0v) is 7.98. The smallest absolute Gasteiger partial charge is 0.135 e. The van der Waals surface area contributed by atoms with Crippen molar-refractivity contribution in [2.24, 2.45) is 5.92 Å². The van der Waals surface area contributed by atoms with Crippen LogP contribution in [-0.4, -0.2) is 5.78 Å². The van der Waals surface area contributed by atoms with Crippen LogP contribution in [0.4, 0.5) is 0 Å². The third kappa shape index (κ3) is 4.77. The van der Waals surface area contributed by atoms with Gasteiger partial charge in [0.25, 0.3) is 0 Å². The molecule has 0 aliphatic rings. The zero-order valence-electron chi connectivity index (χ0n) is 7.98. The van der Waals surface area contributed by atoms with Crippen molar-refractivity contribution in [3.8, 4) is 0 Å². The molecule has 0 N–H and O–H groups in total. The van der Waals surface area contributed by atoms with Gasteiger partial charge in [0.2, 0.25) is 0 Å². The Balaban J connectivity index is 3.78. The number of hydrogen-bond acceptors (Lipinski definition) is 1. The van der Waals surface area contributed by atoms with E-state index in [1.54, 1.807) is 0 Å². The first kappa shape index (κ1) is 10.4. The molecule has 0 radical (unpaired) electrons. The van der Waals surface area contributed by atoms with Gasteiger partial charge in [-0.1, -0.05) is 25.5 Å². The first-order valence-corrected chi connectivity index (χ1v) is 4.24. The van der Waals surface area contributed by atoms with Crippen LogP contribution in [0, 0.1) is 5.92 Å². The standard InChI is InChI=1S/C10H18O/c1-5-10(11)9(4)7-6-8(2)3/h6,9H,5,7H2,1-4H3/t9-/m1/s1. The maximum atomic E-state index is 11.1. The minimum absolute atomic E-state index is 0.204. The molecule has 11 heavy (non-hydrogen) atoms. The molecule has 0 aromatic rings. The largest absolute Gasteiger partial charge is 0.299 e. The van der Waals surface area contributed by atoms with Crippen molar-refractivity contribution in [3.05, 3.63) is 11.6 Å². The third-order valence-electron chi connectivity index (χ3n) is 1.78. The van der Waals surface area contributed by atoms with Crippen molar-refractivity contribution in [2.75, 3.05) is 0 Å². The molecule has 1 atom stereocenters. The molecule has 64 valence electrons. The number of allylic oxidation sites excluding steroid dienone is 2. The summed E-state index contributed by atoms with van der Waals surface area (Å²) < 4.78 is 0. The van der Waals surface area contributed by atoms with Crippen LogP contribution >= 0.6 is 0 Å². The Hall–Kier alpha value is -0.590. The van der Waals surface area contributed by atoms with E-state index in [1.807, 2.05) is 13.8 Å². The summed E-state index contributed by atoms with van der Waals surface area (Å²) in [5, 5.41) is 0. The number of hydrogen-bond donors (Lipinski definition) is 0. The van der Waals surface area contributed by atoms with Crippen LogP contribution in [0.1, 0.15) is 40.5 Å². The number of ketones is 1. The zero-order chi connectivity index (χ0) is 8.85. The lowest BCUT2D eigenvalue weighted by Gasteiger charge is -2.04. The molecule has 0 fully saturated rings. The van der Waals surface area contributed by atoms with E-state index in [4.69, 9.17) is 0 Å². The van der Waals surface area contributed by atoms with Crippen molar-refractivity contribution in [2.45, 2.75) is 40.5 Å². The van der Waals surface area contributed by atoms with E-state index in [0.717, 1.165) is 6.42 Å². The van der Waals surface area contributed by atoms with Crippen LogP contribution in [0.3, 0.4) is 0 Å². The van der Waals surface area contributed by atoms with Gasteiger partial charge in [-0.3, -0.25) is 4.79 Å². The van der Waals surface area contributed by atoms with Crippen molar-refractivity contribution in [1.29, 1.82) is 0 Å². The molecule has 0 bridgehead atoms. The summed E-state index contributed by atoms with van der Waals surface area (Å²) in [7, 11) is 0. The second-order valence-electron chi connectivity index (χ2n) is 3.24. The minimum atomic E-state index is 0.204. The van der Waals surface area contributed by atoms with Gasteiger partial charge < -0.3 is 0 Å². The Morgan fingerprint density at radius 2 is 2.00 bits per heavy atom. The second kappa shape index (κ2) is 5.11. The molecule has 1 heteroatoms. The maximum absolute atomic E-state index is 11.1. The van der Waals surface area contributed by atoms with Crippen LogP contribution in [0.15, 0.2) is 11.6 Å². The topological polar surface area (TPSA) is 17.1 Å². The van der Waals surface area contributed by atoms with E-state index < -0.39 is 0 Å². The summed E-state index contributed by atoms with van der Waals surface area (Å²) in [5.41, 5.74) is 1.29. The molecule has 0 heterocycles. The summed E-state index contributed by atoms with van der Waals surface area (Å²) in [5.74, 6) is 0.567. The summed E-state index contributed by atoms with van der Waals surface area (Å²) in [4.78, 5) is 11.1. The lowest BCUT2D eigenvalue weighted by molar-refractivity contribution is -0.121. The molecular formula is C10H18O. The number of carbonyl (C=O) groups is 1. The van der Waals surface area contributed by atoms with Gasteiger partial charge >= 0.3 is 0 Å². The van der Waals surface area contributed by atoms with Crippen molar-refractivity contribution in [3.63, 3.8) is 0 Å². The molecule has 0 unspecified atom stereocenters.